The van der Waals surface area contributed by atoms with Gasteiger partial charge < -0.3 is 30.1 Å². The molecule has 0 radical (unpaired) electrons. The number of hydrazine groups is 1. The maximum absolute atomic E-state index is 14.6. The molecule has 0 saturated carbocycles. The third-order valence-corrected chi connectivity index (χ3v) is 10.0. The Morgan fingerprint density at radius 2 is 1.52 bits per heavy atom. The van der Waals surface area contributed by atoms with Crippen LogP contribution in [0.2, 0.25) is 0 Å². The minimum atomic E-state index is -0.928. The van der Waals surface area contributed by atoms with Gasteiger partial charge in [-0.3, -0.25) is 14.4 Å². The highest BCUT2D eigenvalue weighted by Crippen LogP contribution is 2.32. The predicted molar refractivity (Wildman–Crippen MR) is 204 cm³/mol. The summed E-state index contributed by atoms with van der Waals surface area (Å²) in [7, 11) is 1.87. The van der Waals surface area contributed by atoms with Crippen LogP contribution in [0.25, 0.3) is 10.9 Å². The van der Waals surface area contributed by atoms with E-state index in [1.165, 1.54) is 0 Å². The van der Waals surface area contributed by atoms with Gasteiger partial charge in [0, 0.05) is 51.2 Å². The molecule has 5 aromatic rings. The minimum absolute atomic E-state index is 0.0499. The van der Waals surface area contributed by atoms with E-state index in [4.69, 9.17) is 0 Å². The summed E-state index contributed by atoms with van der Waals surface area (Å²) >= 11 is 0. The molecule has 3 heterocycles. The first-order valence-corrected chi connectivity index (χ1v) is 18.0. The average molecular weight is 726 g/mol. The second-order valence-corrected chi connectivity index (χ2v) is 13.6. The summed E-state index contributed by atoms with van der Waals surface area (Å²) in [4.78, 5) is 59.4. The second-order valence-electron chi connectivity index (χ2n) is 13.6. The van der Waals surface area contributed by atoms with Gasteiger partial charge in [0.05, 0.1) is 24.2 Å². The van der Waals surface area contributed by atoms with Crippen LogP contribution < -0.4 is 10.6 Å². The Morgan fingerprint density at radius 3 is 2.19 bits per heavy atom. The molecule has 4 aromatic carbocycles. The summed E-state index contributed by atoms with van der Waals surface area (Å²) in [5, 5.41) is 20.0. The molecule has 12 heteroatoms. The number of para-hydroxylation sites is 1. The van der Waals surface area contributed by atoms with Crippen LogP contribution >= 0.6 is 0 Å². The lowest BCUT2D eigenvalue weighted by Crippen LogP contribution is -2.76. The molecule has 12 nitrogen and oxygen atoms in total. The zero-order valence-corrected chi connectivity index (χ0v) is 30.1. The van der Waals surface area contributed by atoms with Gasteiger partial charge in [-0.15, -0.1) is 6.58 Å². The summed E-state index contributed by atoms with van der Waals surface area (Å²) in [5.41, 5.74) is 4.79. The molecule has 0 spiro atoms. The van der Waals surface area contributed by atoms with Crippen molar-refractivity contribution in [3.63, 3.8) is 0 Å². The molecule has 0 bridgehead atoms. The van der Waals surface area contributed by atoms with Crippen molar-refractivity contribution in [3.05, 3.63) is 150 Å². The zero-order valence-electron chi connectivity index (χ0n) is 30.1. The molecule has 0 aliphatic carbocycles. The molecule has 2 fully saturated rings. The number of aromatic hydroxyl groups is 1. The number of nitrogens with one attached hydrogen (secondary N) is 2. The highest BCUT2D eigenvalue weighted by atomic mass is 16.3. The number of fused-ring (bicyclic) bond motifs is 2. The predicted octanol–water partition coefficient (Wildman–Crippen LogP) is 4.55. The minimum Gasteiger partial charge on any atom is -0.508 e. The number of amides is 5. The molecule has 54 heavy (non-hydrogen) atoms. The Morgan fingerprint density at radius 1 is 0.852 bits per heavy atom. The smallest absolute Gasteiger partial charge is 0.334 e. The molecule has 2 atom stereocenters. The molecule has 3 N–H and O–H groups in total. The van der Waals surface area contributed by atoms with Crippen LogP contribution in [0.5, 0.6) is 5.75 Å². The number of aromatic nitrogens is 1. The van der Waals surface area contributed by atoms with E-state index in [1.54, 1.807) is 56.4 Å². The quantitative estimate of drug-likeness (QED) is 0.172. The topological polar surface area (TPSA) is 130 Å². The van der Waals surface area contributed by atoms with E-state index >= 15 is 0 Å². The van der Waals surface area contributed by atoms with Crippen molar-refractivity contribution in [1.82, 2.24) is 35.0 Å². The summed E-state index contributed by atoms with van der Waals surface area (Å²) in [5.74, 6) is -0.657. The summed E-state index contributed by atoms with van der Waals surface area (Å²) in [6.07, 6.45) is 2.80. The van der Waals surface area contributed by atoms with Gasteiger partial charge in [0.25, 0.3) is 5.91 Å². The van der Waals surface area contributed by atoms with E-state index in [0.29, 0.717) is 12.1 Å². The molecule has 1 aromatic heterocycles. The normalized spacial score (nSPS) is 17.4. The van der Waals surface area contributed by atoms with Gasteiger partial charge in [-0.05, 0) is 34.4 Å². The maximum Gasteiger partial charge on any atom is 0.334 e. The van der Waals surface area contributed by atoms with Crippen molar-refractivity contribution in [2.75, 3.05) is 19.6 Å². The number of urea groups is 1. The van der Waals surface area contributed by atoms with Crippen LogP contribution in [-0.2, 0) is 42.7 Å². The van der Waals surface area contributed by atoms with Gasteiger partial charge in [-0.25, -0.2) is 14.8 Å². The number of rotatable bonds is 11. The van der Waals surface area contributed by atoms with Crippen LogP contribution in [0.15, 0.2) is 122 Å². The molecule has 5 amide bonds. The number of benzene rings is 4. The summed E-state index contributed by atoms with van der Waals surface area (Å²) in [6, 6.07) is 30.2. The number of nitrogens with zero attached hydrogens (tertiary/aromatic N) is 5. The number of carbonyl (C=O) groups excluding carboxylic acids is 4. The molecular formula is C42H43N7O5. The van der Waals surface area contributed by atoms with Crippen molar-refractivity contribution in [2.24, 2.45) is 7.05 Å². The molecule has 276 valence electrons. The third-order valence-electron chi connectivity index (χ3n) is 10.0. The van der Waals surface area contributed by atoms with E-state index in [0.717, 1.165) is 33.2 Å². The Labute approximate surface area is 313 Å². The fraction of sp³-hybridized carbons (Fsp3) is 0.238. The first kappa shape index (κ1) is 36.0. The van der Waals surface area contributed by atoms with Crippen LogP contribution in [-0.4, -0.2) is 85.1 Å². The number of phenolic OH excluding ortho intramolecular Hbond substituents is 1. The van der Waals surface area contributed by atoms with Gasteiger partial charge in [-0.1, -0.05) is 97.1 Å². The van der Waals surface area contributed by atoms with Gasteiger partial charge in [0.1, 0.15) is 18.0 Å². The van der Waals surface area contributed by atoms with Crippen molar-refractivity contribution < 1.29 is 24.3 Å². The number of carbonyl (C=O) groups is 4. The first-order chi connectivity index (χ1) is 26.2. The highest BCUT2D eigenvalue weighted by Gasteiger charge is 2.51. The lowest BCUT2D eigenvalue weighted by Gasteiger charge is -2.55. The molecule has 2 saturated heterocycles. The van der Waals surface area contributed by atoms with Gasteiger partial charge in [-0.2, -0.15) is 0 Å². The SMILES string of the molecule is C=CCN1CC(=O)N2[C@@H](Cc3ccc(O)cc3)C(=O)N(Cc3cccc4c(C(=O)NCc5ccccc5)cn(C)c34)C[C@@H]2N1C(=O)NCc1ccccc1. The van der Waals surface area contributed by atoms with E-state index in [1.807, 2.05) is 90.5 Å². The number of hydrogen-bond donors (Lipinski definition) is 3. The number of piperazine rings is 1. The lowest BCUT2D eigenvalue weighted by molar-refractivity contribution is -0.189. The van der Waals surface area contributed by atoms with Crippen LogP contribution in [0.4, 0.5) is 4.79 Å². The molecule has 2 aliphatic rings. The first-order valence-electron chi connectivity index (χ1n) is 18.0. The third kappa shape index (κ3) is 7.42. The number of hydrogen-bond acceptors (Lipinski definition) is 6. The standard InChI is InChI=1S/C42H43N7O5/c1-3-21-47-28-38(51)48-36(22-29-17-19-33(50)20-18-29)41(53)46(27-37(48)49(47)42(54)44-24-31-13-8-5-9-14-31)25-32-15-10-16-34-35(26-45(2)39(32)34)40(52)43-23-30-11-6-4-7-12-30/h3-20,26,36-37,50H,1,21-25,27-28H2,2H3,(H,43,52)(H,44,54)/t36-,37-/m0/s1. The lowest BCUT2D eigenvalue weighted by atomic mass is 9.98. The highest BCUT2D eigenvalue weighted by molar-refractivity contribution is 6.07. The molecule has 7 rings (SSSR count). The van der Waals surface area contributed by atoms with Gasteiger partial charge in [0.15, 0.2) is 0 Å². The Kier molecular flexibility index (Phi) is 10.5. The van der Waals surface area contributed by atoms with Gasteiger partial charge in [0.2, 0.25) is 11.8 Å². The van der Waals surface area contributed by atoms with Crippen LogP contribution in [0.1, 0.15) is 32.6 Å². The largest absolute Gasteiger partial charge is 0.508 e. The average Bonchev–Trinajstić information content (AvgIpc) is 3.53. The number of aryl methyl sites for hydroxylation is 1. The van der Waals surface area contributed by atoms with E-state index in [9.17, 15) is 24.3 Å². The fourth-order valence-corrected chi connectivity index (χ4v) is 7.49. The Bertz CT molecular complexity index is 2170. The summed E-state index contributed by atoms with van der Waals surface area (Å²) < 4.78 is 1.90. The maximum atomic E-state index is 14.6. The van der Waals surface area contributed by atoms with Crippen molar-refractivity contribution in [2.45, 2.75) is 38.3 Å². The molecular weight excluding hydrogens is 683 g/mol. The van der Waals surface area contributed by atoms with Crippen LogP contribution in [0, 0.1) is 0 Å². The van der Waals surface area contributed by atoms with E-state index < -0.39 is 18.2 Å². The van der Waals surface area contributed by atoms with Gasteiger partial charge >= 0.3 is 6.03 Å². The fourth-order valence-electron chi connectivity index (χ4n) is 7.49. The Hall–Kier alpha value is -6.40. The van der Waals surface area contributed by atoms with Crippen molar-refractivity contribution >= 4 is 34.7 Å². The molecule has 0 unspecified atom stereocenters. The molecule has 2 aliphatic heterocycles. The zero-order chi connectivity index (χ0) is 37.8. The van der Waals surface area contributed by atoms with E-state index in [-0.39, 0.29) is 62.6 Å². The van der Waals surface area contributed by atoms with Crippen molar-refractivity contribution in [1.29, 1.82) is 0 Å². The second kappa shape index (κ2) is 15.7. The summed E-state index contributed by atoms with van der Waals surface area (Å²) in [6.45, 7) is 4.87. The van der Waals surface area contributed by atoms with Crippen molar-refractivity contribution in [3.8, 4) is 5.75 Å². The van der Waals surface area contributed by atoms with Crippen LogP contribution in [0.3, 0.4) is 0 Å². The van der Waals surface area contributed by atoms with E-state index in [2.05, 4.69) is 17.2 Å². The Balaban J connectivity index is 1.22. The number of phenols is 1. The monoisotopic (exact) mass is 725 g/mol.